The molecule has 0 amide bonds. The number of benzene rings is 1. The Morgan fingerprint density at radius 1 is 1.18 bits per heavy atom. The van der Waals surface area contributed by atoms with Crippen LogP contribution in [-0.4, -0.2) is 14.2 Å². The van der Waals surface area contributed by atoms with E-state index in [-0.39, 0.29) is 17.2 Å². The Bertz CT molecular complexity index is 446. The molecule has 0 bridgehead atoms. The summed E-state index contributed by atoms with van der Waals surface area (Å²) in [5, 5.41) is 0. The summed E-state index contributed by atoms with van der Waals surface area (Å²) in [7, 11) is -3.20. The SMILES string of the molecule is CCS(=O)(=O)NC(c1ccccc1)C(C)(C)C. The summed E-state index contributed by atoms with van der Waals surface area (Å²) in [4.78, 5) is 0. The minimum Gasteiger partial charge on any atom is -0.212 e. The van der Waals surface area contributed by atoms with Gasteiger partial charge in [0.25, 0.3) is 0 Å². The highest BCUT2D eigenvalue weighted by Crippen LogP contribution is 2.33. The maximum absolute atomic E-state index is 11.7. The van der Waals surface area contributed by atoms with Gasteiger partial charge in [-0.05, 0) is 17.9 Å². The molecule has 0 aliphatic heterocycles. The van der Waals surface area contributed by atoms with Crippen molar-refractivity contribution in [2.75, 3.05) is 5.75 Å². The number of sulfonamides is 1. The van der Waals surface area contributed by atoms with Crippen LogP contribution in [0, 0.1) is 5.41 Å². The van der Waals surface area contributed by atoms with Crippen molar-refractivity contribution in [2.24, 2.45) is 5.41 Å². The van der Waals surface area contributed by atoms with Crippen molar-refractivity contribution in [3.05, 3.63) is 35.9 Å². The second-order valence-corrected chi connectivity index (χ2v) is 7.27. The van der Waals surface area contributed by atoms with Crippen molar-refractivity contribution < 1.29 is 8.42 Å². The van der Waals surface area contributed by atoms with Crippen LogP contribution in [-0.2, 0) is 10.0 Å². The van der Waals surface area contributed by atoms with Crippen LogP contribution in [0.25, 0.3) is 0 Å². The van der Waals surface area contributed by atoms with E-state index in [0.717, 1.165) is 5.56 Å². The van der Waals surface area contributed by atoms with Gasteiger partial charge in [0.2, 0.25) is 10.0 Å². The Morgan fingerprint density at radius 3 is 2.12 bits per heavy atom. The predicted molar refractivity (Wildman–Crippen MR) is 71.2 cm³/mol. The van der Waals surface area contributed by atoms with Crippen molar-refractivity contribution >= 4 is 10.0 Å². The van der Waals surface area contributed by atoms with Crippen LogP contribution in [0.3, 0.4) is 0 Å². The summed E-state index contributed by atoms with van der Waals surface area (Å²) in [5.74, 6) is 0.104. The Balaban J connectivity index is 3.07. The molecule has 17 heavy (non-hydrogen) atoms. The smallest absolute Gasteiger partial charge is 0.211 e. The predicted octanol–water partition coefficient (Wildman–Crippen LogP) is 2.71. The van der Waals surface area contributed by atoms with Crippen molar-refractivity contribution in [3.8, 4) is 0 Å². The number of hydrogen-bond donors (Lipinski definition) is 1. The number of rotatable bonds is 4. The summed E-state index contributed by atoms with van der Waals surface area (Å²) in [6, 6.07) is 9.48. The molecule has 0 aliphatic carbocycles. The topological polar surface area (TPSA) is 46.2 Å². The van der Waals surface area contributed by atoms with Gasteiger partial charge in [-0.3, -0.25) is 0 Å². The van der Waals surface area contributed by atoms with Crippen LogP contribution >= 0.6 is 0 Å². The molecule has 0 heterocycles. The molecule has 0 saturated carbocycles. The monoisotopic (exact) mass is 255 g/mol. The van der Waals surface area contributed by atoms with Gasteiger partial charge in [-0.25, -0.2) is 13.1 Å². The van der Waals surface area contributed by atoms with Crippen LogP contribution in [0.15, 0.2) is 30.3 Å². The highest BCUT2D eigenvalue weighted by Gasteiger charge is 2.29. The van der Waals surface area contributed by atoms with E-state index in [4.69, 9.17) is 0 Å². The molecule has 0 fully saturated rings. The molecular formula is C13H21NO2S. The van der Waals surface area contributed by atoms with E-state index in [2.05, 4.69) is 4.72 Å². The summed E-state index contributed by atoms with van der Waals surface area (Å²) < 4.78 is 26.2. The Labute approximate surface area is 104 Å². The van der Waals surface area contributed by atoms with E-state index in [1.54, 1.807) is 6.92 Å². The zero-order valence-electron chi connectivity index (χ0n) is 10.9. The Morgan fingerprint density at radius 2 is 1.71 bits per heavy atom. The van der Waals surface area contributed by atoms with Crippen LogP contribution in [0.1, 0.15) is 39.3 Å². The van der Waals surface area contributed by atoms with Gasteiger partial charge in [0.05, 0.1) is 11.8 Å². The molecule has 1 aromatic rings. The molecule has 0 spiro atoms. The fraction of sp³-hybridized carbons (Fsp3) is 0.538. The van der Waals surface area contributed by atoms with E-state index >= 15 is 0 Å². The largest absolute Gasteiger partial charge is 0.212 e. The van der Waals surface area contributed by atoms with Crippen LogP contribution in [0.5, 0.6) is 0 Å². The van der Waals surface area contributed by atoms with Crippen LogP contribution < -0.4 is 4.72 Å². The van der Waals surface area contributed by atoms with E-state index in [1.165, 1.54) is 0 Å². The van der Waals surface area contributed by atoms with Gasteiger partial charge < -0.3 is 0 Å². The van der Waals surface area contributed by atoms with Gasteiger partial charge in [0, 0.05) is 0 Å². The molecule has 1 N–H and O–H groups in total. The fourth-order valence-electron chi connectivity index (χ4n) is 1.65. The summed E-state index contributed by atoms with van der Waals surface area (Å²) in [6.07, 6.45) is 0. The second kappa shape index (κ2) is 5.19. The van der Waals surface area contributed by atoms with Gasteiger partial charge in [-0.15, -0.1) is 0 Å². The minimum absolute atomic E-state index is 0.104. The lowest BCUT2D eigenvalue weighted by molar-refractivity contribution is 0.304. The van der Waals surface area contributed by atoms with Crippen molar-refractivity contribution in [3.63, 3.8) is 0 Å². The van der Waals surface area contributed by atoms with E-state index in [0.29, 0.717) is 0 Å². The molecule has 0 radical (unpaired) electrons. The standard InChI is InChI=1S/C13H21NO2S/c1-5-17(15,16)14-12(13(2,3)4)11-9-7-6-8-10-11/h6-10,12,14H,5H2,1-4H3. The Hall–Kier alpha value is -0.870. The molecule has 1 rings (SSSR count). The van der Waals surface area contributed by atoms with Gasteiger partial charge in [0.1, 0.15) is 0 Å². The highest BCUT2D eigenvalue weighted by atomic mass is 32.2. The molecule has 96 valence electrons. The molecule has 1 aromatic carbocycles. The normalized spacial score (nSPS) is 14.6. The third kappa shape index (κ3) is 4.13. The quantitative estimate of drug-likeness (QED) is 0.899. The molecule has 3 nitrogen and oxygen atoms in total. The lowest BCUT2D eigenvalue weighted by Gasteiger charge is -2.31. The van der Waals surface area contributed by atoms with Gasteiger partial charge in [0.15, 0.2) is 0 Å². The zero-order chi connectivity index (χ0) is 13.1. The van der Waals surface area contributed by atoms with Gasteiger partial charge >= 0.3 is 0 Å². The zero-order valence-corrected chi connectivity index (χ0v) is 11.7. The number of hydrogen-bond acceptors (Lipinski definition) is 2. The first-order valence-corrected chi connectivity index (χ1v) is 7.46. The highest BCUT2D eigenvalue weighted by molar-refractivity contribution is 7.89. The first-order chi connectivity index (χ1) is 7.76. The molecule has 1 atom stereocenters. The molecule has 1 unspecified atom stereocenters. The first-order valence-electron chi connectivity index (χ1n) is 5.81. The third-order valence-electron chi connectivity index (χ3n) is 2.68. The lowest BCUT2D eigenvalue weighted by atomic mass is 9.83. The summed E-state index contributed by atoms with van der Waals surface area (Å²) in [5.41, 5.74) is 0.834. The average Bonchev–Trinajstić information content (AvgIpc) is 2.26. The lowest BCUT2D eigenvalue weighted by Crippen LogP contribution is -2.37. The molecule has 0 aromatic heterocycles. The van der Waals surface area contributed by atoms with Crippen LogP contribution in [0.4, 0.5) is 0 Å². The summed E-state index contributed by atoms with van der Waals surface area (Å²) in [6.45, 7) is 7.74. The van der Waals surface area contributed by atoms with E-state index in [1.807, 2.05) is 51.1 Å². The van der Waals surface area contributed by atoms with E-state index < -0.39 is 10.0 Å². The van der Waals surface area contributed by atoms with E-state index in [9.17, 15) is 8.42 Å². The van der Waals surface area contributed by atoms with Crippen molar-refractivity contribution in [2.45, 2.75) is 33.7 Å². The summed E-state index contributed by atoms with van der Waals surface area (Å²) >= 11 is 0. The van der Waals surface area contributed by atoms with Crippen molar-refractivity contribution in [1.29, 1.82) is 0 Å². The van der Waals surface area contributed by atoms with Crippen LogP contribution in [0.2, 0.25) is 0 Å². The fourth-order valence-corrected chi connectivity index (χ4v) is 2.67. The molecule has 4 heteroatoms. The van der Waals surface area contributed by atoms with Gasteiger partial charge in [-0.2, -0.15) is 0 Å². The number of nitrogens with one attached hydrogen (secondary N) is 1. The van der Waals surface area contributed by atoms with Crippen molar-refractivity contribution in [1.82, 2.24) is 4.72 Å². The maximum atomic E-state index is 11.7. The molecule has 0 saturated heterocycles. The Kier molecular flexibility index (Phi) is 4.33. The minimum atomic E-state index is -3.20. The second-order valence-electron chi connectivity index (χ2n) is 5.23. The average molecular weight is 255 g/mol. The molecule has 0 aliphatic rings. The van der Waals surface area contributed by atoms with Gasteiger partial charge in [-0.1, -0.05) is 51.1 Å². The first kappa shape index (κ1) is 14.2. The third-order valence-corrected chi connectivity index (χ3v) is 4.03. The maximum Gasteiger partial charge on any atom is 0.211 e. The molecular weight excluding hydrogens is 234 g/mol.